The second kappa shape index (κ2) is 9.10. The zero-order valence-corrected chi connectivity index (χ0v) is 12.8. The van der Waals surface area contributed by atoms with Gasteiger partial charge in [0.15, 0.2) is 0 Å². The van der Waals surface area contributed by atoms with Crippen molar-refractivity contribution >= 4 is 17.5 Å². The van der Waals surface area contributed by atoms with Crippen LogP contribution >= 0.6 is 0 Å². The topological polar surface area (TPSA) is 70.7 Å². The van der Waals surface area contributed by atoms with Gasteiger partial charge in [-0.2, -0.15) is 0 Å². The molecule has 0 aromatic heterocycles. The number of rotatable bonds is 8. The number of methoxy groups -OCH3 is 1. The average molecular weight is 293 g/mol. The number of hydrogen-bond acceptors (Lipinski definition) is 4. The summed E-state index contributed by atoms with van der Waals surface area (Å²) in [6.07, 6.45) is 0.866. The standard InChI is InChI=1S/C15H23N3O3/c1-18(2)15(20)12-5-7-13(8-6-12)17-14(19)11-16-9-4-10-21-3/h5-8,16H,4,9-11H2,1-3H3,(H,17,19). The summed E-state index contributed by atoms with van der Waals surface area (Å²) in [5, 5.41) is 5.80. The number of amides is 2. The van der Waals surface area contributed by atoms with E-state index in [-0.39, 0.29) is 18.4 Å². The molecule has 116 valence electrons. The number of anilines is 1. The highest BCUT2D eigenvalue weighted by atomic mass is 16.5. The third kappa shape index (κ3) is 6.37. The molecule has 0 bridgehead atoms. The molecule has 21 heavy (non-hydrogen) atoms. The smallest absolute Gasteiger partial charge is 0.253 e. The molecule has 0 spiro atoms. The summed E-state index contributed by atoms with van der Waals surface area (Å²) < 4.78 is 4.92. The van der Waals surface area contributed by atoms with Gasteiger partial charge in [-0.05, 0) is 37.2 Å². The van der Waals surface area contributed by atoms with Crippen molar-refractivity contribution in [2.24, 2.45) is 0 Å². The molecule has 2 amide bonds. The van der Waals surface area contributed by atoms with E-state index in [4.69, 9.17) is 4.74 Å². The zero-order chi connectivity index (χ0) is 15.7. The minimum Gasteiger partial charge on any atom is -0.385 e. The lowest BCUT2D eigenvalue weighted by molar-refractivity contribution is -0.115. The van der Waals surface area contributed by atoms with Crippen molar-refractivity contribution in [2.75, 3.05) is 46.2 Å². The van der Waals surface area contributed by atoms with Crippen molar-refractivity contribution in [3.63, 3.8) is 0 Å². The molecular weight excluding hydrogens is 270 g/mol. The van der Waals surface area contributed by atoms with Gasteiger partial charge in [0.25, 0.3) is 5.91 Å². The fourth-order valence-corrected chi connectivity index (χ4v) is 1.70. The summed E-state index contributed by atoms with van der Waals surface area (Å²) in [5.41, 5.74) is 1.27. The molecule has 1 aromatic carbocycles. The second-order valence-corrected chi connectivity index (χ2v) is 4.85. The summed E-state index contributed by atoms with van der Waals surface area (Å²) in [5.74, 6) is -0.174. The first kappa shape index (κ1) is 17.1. The Morgan fingerprint density at radius 2 is 1.86 bits per heavy atom. The predicted molar refractivity (Wildman–Crippen MR) is 82.5 cm³/mol. The number of nitrogens with zero attached hydrogens (tertiary/aromatic N) is 1. The van der Waals surface area contributed by atoms with Crippen LogP contribution in [0.4, 0.5) is 5.69 Å². The molecule has 6 nitrogen and oxygen atoms in total. The monoisotopic (exact) mass is 293 g/mol. The molecular formula is C15H23N3O3. The summed E-state index contributed by atoms with van der Waals surface area (Å²) >= 11 is 0. The van der Waals surface area contributed by atoms with Gasteiger partial charge in [0.05, 0.1) is 6.54 Å². The minimum absolute atomic E-state index is 0.0623. The van der Waals surface area contributed by atoms with E-state index in [0.717, 1.165) is 13.0 Å². The number of hydrogen-bond donors (Lipinski definition) is 2. The van der Waals surface area contributed by atoms with Gasteiger partial charge in [-0.15, -0.1) is 0 Å². The van der Waals surface area contributed by atoms with E-state index in [1.165, 1.54) is 4.90 Å². The van der Waals surface area contributed by atoms with Crippen molar-refractivity contribution in [3.8, 4) is 0 Å². The number of nitrogens with one attached hydrogen (secondary N) is 2. The lowest BCUT2D eigenvalue weighted by Crippen LogP contribution is -2.29. The number of carbonyl (C=O) groups excluding carboxylic acids is 2. The first-order chi connectivity index (χ1) is 10.0. The summed E-state index contributed by atoms with van der Waals surface area (Å²) in [6.45, 7) is 1.66. The molecule has 1 rings (SSSR count). The normalized spacial score (nSPS) is 10.2. The Morgan fingerprint density at radius 3 is 2.43 bits per heavy atom. The molecule has 6 heteroatoms. The number of ether oxygens (including phenoxy) is 1. The summed E-state index contributed by atoms with van der Waals surface area (Å²) in [6, 6.07) is 6.84. The van der Waals surface area contributed by atoms with Crippen LogP contribution in [0.1, 0.15) is 16.8 Å². The van der Waals surface area contributed by atoms with E-state index in [2.05, 4.69) is 10.6 Å². The molecule has 0 aliphatic rings. The second-order valence-electron chi connectivity index (χ2n) is 4.85. The Kier molecular flexibility index (Phi) is 7.42. The van der Waals surface area contributed by atoms with Gasteiger partial charge >= 0.3 is 0 Å². The zero-order valence-electron chi connectivity index (χ0n) is 12.8. The molecule has 2 N–H and O–H groups in total. The largest absolute Gasteiger partial charge is 0.385 e. The SMILES string of the molecule is COCCCNCC(=O)Nc1ccc(C(=O)N(C)C)cc1. The summed E-state index contributed by atoms with van der Waals surface area (Å²) in [4.78, 5) is 24.9. The van der Waals surface area contributed by atoms with E-state index in [1.807, 2.05) is 0 Å². The number of benzene rings is 1. The highest BCUT2D eigenvalue weighted by Gasteiger charge is 2.08. The van der Waals surface area contributed by atoms with Crippen molar-refractivity contribution < 1.29 is 14.3 Å². The fourth-order valence-electron chi connectivity index (χ4n) is 1.70. The molecule has 0 unspecified atom stereocenters. The first-order valence-electron chi connectivity index (χ1n) is 6.86. The Bertz CT molecular complexity index is 458. The molecule has 0 atom stereocenters. The Morgan fingerprint density at radius 1 is 1.19 bits per heavy atom. The van der Waals surface area contributed by atoms with Crippen LogP contribution in [0.15, 0.2) is 24.3 Å². The highest BCUT2D eigenvalue weighted by Crippen LogP contribution is 2.10. The van der Waals surface area contributed by atoms with Crippen LogP contribution in [-0.4, -0.2) is 57.6 Å². The molecule has 0 aliphatic carbocycles. The minimum atomic E-state index is -0.112. The Labute approximate surface area is 125 Å². The third-order valence-corrected chi connectivity index (χ3v) is 2.81. The maximum Gasteiger partial charge on any atom is 0.253 e. The number of carbonyl (C=O) groups is 2. The van der Waals surface area contributed by atoms with Crippen LogP contribution in [0.2, 0.25) is 0 Å². The van der Waals surface area contributed by atoms with Gasteiger partial charge in [-0.1, -0.05) is 0 Å². The van der Waals surface area contributed by atoms with Gasteiger partial charge in [0.2, 0.25) is 5.91 Å². The first-order valence-corrected chi connectivity index (χ1v) is 6.86. The van der Waals surface area contributed by atoms with Gasteiger partial charge in [0, 0.05) is 39.1 Å². The van der Waals surface area contributed by atoms with Gasteiger partial charge in [-0.3, -0.25) is 9.59 Å². The maximum atomic E-state index is 11.7. The fraction of sp³-hybridized carbons (Fsp3) is 0.467. The van der Waals surface area contributed by atoms with Gasteiger partial charge < -0.3 is 20.3 Å². The maximum absolute atomic E-state index is 11.7. The van der Waals surface area contributed by atoms with Crippen LogP contribution in [0.3, 0.4) is 0 Å². The average Bonchev–Trinajstić information content (AvgIpc) is 2.47. The Hall–Kier alpha value is -1.92. The molecule has 0 saturated carbocycles. The molecule has 0 aliphatic heterocycles. The van der Waals surface area contributed by atoms with E-state index >= 15 is 0 Å². The van der Waals surface area contributed by atoms with Crippen LogP contribution < -0.4 is 10.6 Å². The Balaban J connectivity index is 2.38. The van der Waals surface area contributed by atoms with Crippen LogP contribution in [0.25, 0.3) is 0 Å². The lowest BCUT2D eigenvalue weighted by atomic mass is 10.2. The van der Waals surface area contributed by atoms with E-state index < -0.39 is 0 Å². The van der Waals surface area contributed by atoms with Crippen LogP contribution in [0, 0.1) is 0 Å². The van der Waals surface area contributed by atoms with Crippen molar-refractivity contribution in [1.82, 2.24) is 10.2 Å². The van der Waals surface area contributed by atoms with Gasteiger partial charge in [0.1, 0.15) is 0 Å². The quantitative estimate of drug-likeness (QED) is 0.700. The van der Waals surface area contributed by atoms with E-state index in [0.29, 0.717) is 17.9 Å². The van der Waals surface area contributed by atoms with Crippen LogP contribution in [0.5, 0.6) is 0 Å². The van der Waals surface area contributed by atoms with Crippen LogP contribution in [-0.2, 0) is 9.53 Å². The van der Waals surface area contributed by atoms with E-state index in [1.54, 1.807) is 45.5 Å². The molecule has 0 saturated heterocycles. The van der Waals surface area contributed by atoms with E-state index in [9.17, 15) is 9.59 Å². The highest BCUT2D eigenvalue weighted by molar-refractivity contribution is 5.95. The third-order valence-electron chi connectivity index (χ3n) is 2.81. The van der Waals surface area contributed by atoms with Crippen molar-refractivity contribution in [2.45, 2.75) is 6.42 Å². The van der Waals surface area contributed by atoms with Gasteiger partial charge in [-0.25, -0.2) is 0 Å². The molecule has 0 heterocycles. The van der Waals surface area contributed by atoms with Crippen molar-refractivity contribution in [3.05, 3.63) is 29.8 Å². The predicted octanol–water partition coefficient (Wildman–Crippen LogP) is 0.953. The van der Waals surface area contributed by atoms with Crippen molar-refractivity contribution in [1.29, 1.82) is 0 Å². The molecule has 1 aromatic rings. The summed E-state index contributed by atoms with van der Waals surface area (Å²) in [7, 11) is 5.05. The molecule has 0 radical (unpaired) electrons. The lowest BCUT2D eigenvalue weighted by Gasteiger charge is -2.11. The molecule has 0 fully saturated rings.